The molecule has 0 aromatic heterocycles. The van der Waals surface area contributed by atoms with E-state index in [2.05, 4.69) is 23.2 Å². The molecule has 0 bridgehead atoms. The van der Waals surface area contributed by atoms with Gasteiger partial charge in [0.15, 0.2) is 0 Å². The number of alkyl halides is 12. The van der Waals surface area contributed by atoms with Crippen molar-refractivity contribution in [2.45, 2.75) is 28.9 Å². The number of hydrogen-bond donors (Lipinski definition) is 0. The van der Waals surface area contributed by atoms with Gasteiger partial charge in [0, 0.05) is 0 Å². The van der Waals surface area contributed by atoms with E-state index in [4.69, 9.17) is 0 Å². The summed E-state index contributed by atoms with van der Waals surface area (Å²) >= 11 is 7.67. The van der Waals surface area contributed by atoms with Crippen molar-refractivity contribution >= 4 is 23.2 Å². The van der Waals surface area contributed by atoms with E-state index >= 15 is 0 Å². The van der Waals surface area contributed by atoms with E-state index in [9.17, 15) is 43.9 Å². The van der Waals surface area contributed by atoms with Crippen molar-refractivity contribution in [3.63, 3.8) is 0 Å². The summed E-state index contributed by atoms with van der Waals surface area (Å²) in [5.74, 6) is -6.96. The summed E-state index contributed by atoms with van der Waals surface area (Å²) in [5, 5.41) is -11.0. The SMILES string of the molecule is FC(F)(F)C(F)(F)C(F)(F)OC(F)(Cl)C(F)(F)Cl. The minimum absolute atomic E-state index is 1.99. The molecule has 0 aliphatic heterocycles. The van der Waals surface area contributed by atoms with Crippen LogP contribution in [0.1, 0.15) is 0 Å². The van der Waals surface area contributed by atoms with Crippen LogP contribution in [0.5, 0.6) is 0 Å². The molecule has 0 saturated heterocycles. The predicted molar refractivity (Wildman–Crippen MR) is 37.5 cm³/mol. The predicted octanol–water partition coefficient (Wildman–Crippen LogP) is 4.49. The Morgan fingerprint density at radius 1 is 0.667 bits per heavy atom. The molecule has 0 radical (unpaired) electrons. The van der Waals surface area contributed by atoms with Gasteiger partial charge < -0.3 is 0 Å². The van der Waals surface area contributed by atoms with E-state index in [1.165, 1.54) is 0 Å². The largest absolute Gasteiger partial charge is 0.462 e. The van der Waals surface area contributed by atoms with E-state index in [1.807, 2.05) is 4.74 Å². The van der Waals surface area contributed by atoms with E-state index < -0.39 is 28.9 Å². The summed E-state index contributed by atoms with van der Waals surface area (Å²) in [5.41, 5.74) is 0. The Morgan fingerprint density at radius 2 is 1.00 bits per heavy atom. The van der Waals surface area contributed by atoms with Crippen molar-refractivity contribution in [2.75, 3.05) is 0 Å². The van der Waals surface area contributed by atoms with Crippen molar-refractivity contribution in [3.8, 4) is 0 Å². The summed E-state index contributed by atoms with van der Waals surface area (Å²) in [7, 11) is 0. The summed E-state index contributed by atoms with van der Waals surface area (Å²) in [6.07, 6.45) is -13.6. The molecule has 0 amide bonds. The van der Waals surface area contributed by atoms with Crippen LogP contribution in [0, 0.1) is 0 Å². The van der Waals surface area contributed by atoms with Crippen molar-refractivity contribution in [3.05, 3.63) is 0 Å². The zero-order valence-electron chi connectivity index (χ0n) is 7.44. The Morgan fingerprint density at radius 3 is 1.22 bits per heavy atom. The highest BCUT2D eigenvalue weighted by Gasteiger charge is 2.77. The van der Waals surface area contributed by atoms with Gasteiger partial charge in [-0.3, -0.25) is 4.74 Å². The van der Waals surface area contributed by atoms with Crippen LogP contribution in [0.3, 0.4) is 0 Å². The maximum Gasteiger partial charge on any atom is 0.462 e. The summed E-state index contributed by atoms with van der Waals surface area (Å²) < 4.78 is 122. The molecule has 1 atom stereocenters. The molecule has 0 aromatic rings. The van der Waals surface area contributed by atoms with E-state index in [0.29, 0.717) is 0 Å². The highest BCUT2D eigenvalue weighted by molar-refractivity contribution is 6.31. The van der Waals surface area contributed by atoms with Gasteiger partial charge in [0.1, 0.15) is 0 Å². The summed E-state index contributed by atoms with van der Waals surface area (Å²) in [6.45, 7) is 0. The van der Waals surface area contributed by atoms with Crippen LogP contribution >= 0.6 is 23.2 Å². The van der Waals surface area contributed by atoms with Gasteiger partial charge in [-0.1, -0.05) is 0 Å². The fourth-order valence-corrected chi connectivity index (χ4v) is 0.583. The lowest BCUT2D eigenvalue weighted by molar-refractivity contribution is -0.453. The van der Waals surface area contributed by atoms with Gasteiger partial charge in [-0.05, 0) is 23.2 Å². The fraction of sp³-hybridized carbons (Fsp3) is 1.00. The average molecular weight is 337 g/mol. The van der Waals surface area contributed by atoms with Gasteiger partial charge in [-0.2, -0.15) is 43.9 Å². The lowest BCUT2D eigenvalue weighted by atomic mass is 10.3. The molecule has 0 spiro atoms. The van der Waals surface area contributed by atoms with Crippen molar-refractivity contribution in [1.29, 1.82) is 0 Å². The van der Waals surface area contributed by atoms with Crippen LogP contribution in [0.15, 0.2) is 0 Å². The van der Waals surface area contributed by atoms with Gasteiger partial charge in [0.2, 0.25) is 0 Å². The van der Waals surface area contributed by atoms with Gasteiger partial charge in [-0.15, -0.1) is 0 Å². The number of halogens is 12. The number of hydrogen-bond acceptors (Lipinski definition) is 1. The van der Waals surface area contributed by atoms with E-state index in [0.717, 1.165) is 0 Å². The molecule has 0 rings (SSSR count). The first-order valence-corrected chi connectivity index (χ1v) is 4.18. The molecule has 1 unspecified atom stereocenters. The molecule has 0 N–H and O–H groups in total. The highest BCUT2D eigenvalue weighted by Crippen LogP contribution is 2.52. The third kappa shape index (κ3) is 3.23. The highest BCUT2D eigenvalue weighted by atomic mass is 35.5. The minimum Gasteiger partial charge on any atom is -0.258 e. The molecule has 0 heterocycles. The lowest BCUT2D eigenvalue weighted by Gasteiger charge is -2.32. The van der Waals surface area contributed by atoms with Crippen molar-refractivity contribution in [1.82, 2.24) is 0 Å². The second-order valence-corrected chi connectivity index (χ2v) is 3.67. The molecular formula is C5Cl2F10O. The second-order valence-electron chi connectivity index (χ2n) is 2.71. The Kier molecular flexibility index (Phi) is 4.40. The Balaban J connectivity index is 5.33. The summed E-state index contributed by atoms with van der Waals surface area (Å²) in [6, 6.07) is 0. The molecule has 0 aliphatic rings. The number of ether oxygens (including phenoxy) is 1. The van der Waals surface area contributed by atoms with Gasteiger partial charge in [0.05, 0.1) is 0 Å². The quantitative estimate of drug-likeness (QED) is 0.543. The molecule has 0 saturated carbocycles. The number of rotatable bonds is 4. The van der Waals surface area contributed by atoms with Crippen LogP contribution in [-0.2, 0) is 4.74 Å². The first-order chi connectivity index (χ1) is 7.46. The van der Waals surface area contributed by atoms with Crippen LogP contribution in [0.2, 0.25) is 0 Å². The third-order valence-corrected chi connectivity index (χ3v) is 1.96. The van der Waals surface area contributed by atoms with Gasteiger partial charge in [0.25, 0.3) is 0 Å². The standard InChI is InChI=1S/C5Cl2F10O/c6-2(10,11)3(7,12)18-5(16,17)1(8,9)4(13,14)15. The molecular weight excluding hydrogens is 337 g/mol. The molecule has 0 fully saturated rings. The fourth-order valence-electron chi connectivity index (χ4n) is 0.448. The zero-order valence-corrected chi connectivity index (χ0v) is 8.96. The molecule has 110 valence electrons. The van der Waals surface area contributed by atoms with Crippen LogP contribution in [-0.4, -0.2) is 28.9 Å². The lowest BCUT2D eigenvalue weighted by Crippen LogP contribution is -2.57. The van der Waals surface area contributed by atoms with E-state index in [1.54, 1.807) is 0 Å². The molecule has 0 aliphatic carbocycles. The maximum absolute atomic E-state index is 12.5. The van der Waals surface area contributed by atoms with Crippen LogP contribution in [0.4, 0.5) is 43.9 Å². The third-order valence-electron chi connectivity index (χ3n) is 1.31. The smallest absolute Gasteiger partial charge is 0.258 e. The zero-order chi connectivity index (χ0) is 15.2. The van der Waals surface area contributed by atoms with Crippen LogP contribution in [0.25, 0.3) is 0 Å². The second kappa shape index (κ2) is 4.44. The first kappa shape index (κ1) is 17.8. The van der Waals surface area contributed by atoms with Crippen molar-refractivity contribution in [2.24, 2.45) is 0 Å². The maximum atomic E-state index is 12.5. The Hall–Kier alpha value is -0.160. The van der Waals surface area contributed by atoms with Gasteiger partial charge >= 0.3 is 28.9 Å². The minimum atomic E-state index is -6.96. The van der Waals surface area contributed by atoms with Crippen molar-refractivity contribution < 1.29 is 48.6 Å². The van der Waals surface area contributed by atoms with Crippen LogP contribution < -0.4 is 0 Å². The van der Waals surface area contributed by atoms with Gasteiger partial charge in [-0.25, -0.2) is 0 Å². The molecule has 13 heteroatoms. The Labute approximate surface area is 102 Å². The monoisotopic (exact) mass is 336 g/mol. The molecule has 1 nitrogen and oxygen atoms in total. The normalized spacial score (nSPS) is 18.7. The molecule has 18 heavy (non-hydrogen) atoms. The average Bonchev–Trinajstić information content (AvgIpc) is 1.96. The van der Waals surface area contributed by atoms with E-state index in [-0.39, 0.29) is 0 Å². The summed E-state index contributed by atoms with van der Waals surface area (Å²) in [4.78, 5) is 0. The first-order valence-electron chi connectivity index (χ1n) is 3.43. The topological polar surface area (TPSA) is 9.23 Å². The molecule has 0 aromatic carbocycles. The Bertz CT molecular complexity index is 304.